The van der Waals surface area contributed by atoms with Gasteiger partial charge in [-0.2, -0.15) is 0 Å². The molecule has 0 radical (unpaired) electrons. The largest absolute Gasteiger partial charge is 0.448 e. The number of amides is 1. The summed E-state index contributed by atoms with van der Waals surface area (Å²) in [5, 5.41) is 0.547. The minimum atomic E-state index is -0.820. The van der Waals surface area contributed by atoms with Crippen molar-refractivity contribution in [2.75, 3.05) is 12.3 Å². The lowest BCUT2D eigenvalue weighted by Crippen LogP contribution is -2.17. The van der Waals surface area contributed by atoms with Crippen LogP contribution >= 0.6 is 11.6 Å². The standard InChI is InChI=1S/C10H11ClN4O2/c11-6-2-1-3-7-8(6)15(9(12)14-7)4-5-17-10(13)16/h1-3H,4-5H2,(H2,12,14)(H2,13,16). The molecule has 2 aromatic rings. The Morgan fingerprint density at radius 1 is 1.53 bits per heavy atom. The van der Waals surface area contributed by atoms with Crippen LogP contribution in [-0.2, 0) is 11.3 Å². The second-order valence-electron chi connectivity index (χ2n) is 3.40. The normalized spacial score (nSPS) is 10.6. The summed E-state index contributed by atoms with van der Waals surface area (Å²) in [7, 11) is 0. The van der Waals surface area contributed by atoms with Crippen LogP contribution in [0.1, 0.15) is 0 Å². The predicted octanol–water partition coefficient (Wildman–Crippen LogP) is 1.37. The van der Waals surface area contributed by atoms with Gasteiger partial charge in [0.05, 0.1) is 22.6 Å². The highest BCUT2D eigenvalue weighted by atomic mass is 35.5. The van der Waals surface area contributed by atoms with Crippen molar-refractivity contribution in [1.82, 2.24) is 9.55 Å². The van der Waals surface area contributed by atoms with E-state index < -0.39 is 6.09 Å². The van der Waals surface area contributed by atoms with Crippen LogP contribution < -0.4 is 11.5 Å². The van der Waals surface area contributed by atoms with Crippen molar-refractivity contribution in [2.24, 2.45) is 5.73 Å². The molecule has 17 heavy (non-hydrogen) atoms. The SMILES string of the molecule is NC(=O)OCCn1c(N)nc2cccc(Cl)c21. The summed E-state index contributed by atoms with van der Waals surface area (Å²) < 4.78 is 6.33. The van der Waals surface area contributed by atoms with Crippen LogP contribution in [0.15, 0.2) is 18.2 Å². The smallest absolute Gasteiger partial charge is 0.404 e. The lowest BCUT2D eigenvalue weighted by Gasteiger charge is -2.07. The summed E-state index contributed by atoms with van der Waals surface area (Å²) in [6.45, 7) is 0.477. The van der Waals surface area contributed by atoms with Crippen LogP contribution in [0.5, 0.6) is 0 Å². The zero-order chi connectivity index (χ0) is 12.4. The molecule has 1 aromatic heterocycles. The number of imidazole rings is 1. The van der Waals surface area contributed by atoms with Gasteiger partial charge in [-0.3, -0.25) is 0 Å². The van der Waals surface area contributed by atoms with Crippen LogP contribution in [0.2, 0.25) is 5.02 Å². The molecule has 7 heteroatoms. The molecule has 0 bridgehead atoms. The van der Waals surface area contributed by atoms with Crippen molar-refractivity contribution in [3.63, 3.8) is 0 Å². The number of hydrogen-bond donors (Lipinski definition) is 2. The number of halogens is 1. The fourth-order valence-corrected chi connectivity index (χ4v) is 1.90. The first-order valence-corrected chi connectivity index (χ1v) is 5.30. The van der Waals surface area contributed by atoms with Gasteiger partial charge in [0.1, 0.15) is 6.61 Å². The third-order valence-corrected chi connectivity index (χ3v) is 2.61. The summed E-state index contributed by atoms with van der Waals surface area (Å²) in [6, 6.07) is 5.35. The number of carbonyl (C=O) groups is 1. The maximum absolute atomic E-state index is 10.5. The van der Waals surface area contributed by atoms with Gasteiger partial charge in [-0.25, -0.2) is 9.78 Å². The van der Waals surface area contributed by atoms with Gasteiger partial charge in [-0.05, 0) is 12.1 Å². The van der Waals surface area contributed by atoms with Crippen molar-refractivity contribution in [3.8, 4) is 0 Å². The van der Waals surface area contributed by atoms with E-state index in [1.54, 1.807) is 16.7 Å². The first kappa shape index (κ1) is 11.5. The Labute approximate surface area is 102 Å². The third-order valence-electron chi connectivity index (χ3n) is 2.31. The number of nitrogens with two attached hydrogens (primary N) is 2. The third kappa shape index (κ3) is 2.26. The Morgan fingerprint density at radius 2 is 2.29 bits per heavy atom. The van der Waals surface area contributed by atoms with Gasteiger partial charge in [-0.1, -0.05) is 17.7 Å². The minimum absolute atomic E-state index is 0.121. The highest BCUT2D eigenvalue weighted by Crippen LogP contribution is 2.25. The Kier molecular flexibility index (Phi) is 3.06. The minimum Gasteiger partial charge on any atom is -0.448 e. The summed E-state index contributed by atoms with van der Waals surface area (Å²) in [5.41, 5.74) is 12.1. The average molecular weight is 255 g/mol. The van der Waals surface area contributed by atoms with E-state index in [1.807, 2.05) is 6.07 Å². The van der Waals surface area contributed by atoms with Gasteiger partial charge in [-0.15, -0.1) is 0 Å². The molecular formula is C10H11ClN4O2. The molecule has 0 unspecified atom stereocenters. The Balaban J connectivity index is 2.32. The number of primary amides is 1. The van der Waals surface area contributed by atoms with Gasteiger partial charge < -0.3 is 20.8 Å². The maximum atomic E-state index is 10.5. The van der Waals surface area contributed by atoms with Gasteiger partial charge in [0, 0.05) is 0 Å². The van der Waals surface area contributed by atoms with E-state index in [2.05, 4.69) is 9.72 Å². The molecular weight excluding hydrogens is 244 g/mol. The molecule has 6 nitrogen and oxygen atoms in total. The number of nitrogen functional groups attached to an aromatic ring is 1. The molecule has 0 saturated carbocycles. The first-order valence-electron chi connectivity index (χ1n) is 4.92. The fourth-order valence-electron chi connectivity index (χ4n) is 1.62. The van der Waals surface area contributed by atoms with Gasteiger partial charge in [0.25, 0.3) is 0 Å². The lowest BCUT2D eigenvalue weighted by atomic mass is 10.3. The molecule has 2 rings (SSSR count). The quantitative estimate of drug-likeness (QED) is 0.864. The molecule has 0 saturated heterocycles. The number of nitrogens with zero attached hydrogens (tertiary/aromatic N) is 2. The predicted molar refractivity (Wildman–Crippen MR) is 64.7 cm³/mol. The van der Waals surface area contributed by atoms with Crippen LogP contribution in [0.4, 0.5) is 10.7 Å². The first-order chi connectivity index (χ1) is 8.09. The molecule has 4 N–H and O–H groups in total. The molecule has 1 aromatic carbocycles. The number of ether oxygens (including phenoxy) is 1. The van der Waals surface area contributed by atoms with Gasteiger partial charge in [0.15, 0.2) is 0 Å². The molecule has 90 valence electrons. The van der Waals surface area contributed by atoms with Crippen LogP contribution in [0, 0.1) is 0 Å². The van der Waals surface area contributed by atoms with E-state index in [9.17, 15) is 4.79 Å². The number of aromatic nitrogens is 2. The number of rotatable bonds is 3. The number of para-hydroxylation sites is 1. The summed E-state index contributed by atoms with van der Waals surface area (Å²) in [5.74, 6) is 0.321. The molecule has 0 aliphatic rings. The highest BCUT2D eigenvalue weighted by Gasteiger charge is 2.11. The average Bonchev–Trinajstić information content (AvgIpc) is 2.56. The number of hydrogen-bond acceptors (Lipinski definition) is 4. The number of fused-ring (bicyclic) bond motifs is 1. The van der Waals surface area contributed by atoms with E-state index in [1.165, 1.54) is 0 Å². The zero-order valence-corrected chi connectivity index (χ0v) is 9.65. The number of anilines is 1. The molecule has 1 heterocycles. The number of benzene rings is 1. The molecule has 0 atom stereocenters. The lowest BCUT2D eigenvalue weighted by molar-refractivity contribution is 0.153. The summed E-state index contributed by atoms with van der Waals surface area (Å²) >= 11 is 6.07. The monoisotopic (exact) mass is 254 g/mol. The van der Waals surface area contributed by atoms with Crippen molar-refractivity contribution < 1.29 is 9.53 Å². The van der Waals surface area contributed by atoms with Gasteiger partial charge >= 0.3 is 6.09 Å². The van der Waals surface area contributed by atoms with Crippen LogP contribution in [0.25, 0.3) is 11.0 Å². The van der Waals surface area contributed by atoms with Crippen molar-refractivity contribution in [2.45, 2.75) is 6.54 Å². The summed E-state index contributed by atoms with van der Waals surface area (Å²) in [6.07, 6.45) is -0.820. The number of carbonyl (C=O) groups excluding carboxylic acids is 1. The molecule has 1 amide bonds. The topological polar surface area (TPSA) is 96.2 Å². The Morgan fingerprint density at radius 3 is 3.00 bits per heavy atom. The molecule has 0 aliphatic carbocycles. The van der Waals surface area contributed by atoms with Crippen molar-refractivity contribution >= 4 is 34.7 Å². The zero-order valence-electron chi connectivity index (χ0n) is 8.89. The van der Waals surface area contributed by atoms with E-state index in [-0.39, 0.29) is 6.61 Å². The molecule has 0 fully saturated rings. The summed E-state index contributed by atoms with van der Waals surface area (Å²) in [4.78, 5) is 14.6. The second kappa shape index (κ2) is 4.50. The second-order valence-corrected chi connectivity index (χ2v) is 3.80. The molecule has 0 aliphatic heterocycles. The van der Waals surface area contributed by atoms with Crippen LogP contribution in [0.3, 0.4) is 0 Å². The van der Waals surface area contributed by atoms with E-state index >= 15 is 0 Å². The van der Waals surface area contributed by atoms with E-state index in [4.69, 9.17) is 23.1 Å². The van der Waals surface area contributed by atoms with E-state index in [0.717, 1.165) is 5.52 Å². The van der Waals surface area contributed by atoms with Crippen LogP contribution in [-0.4, -0.2) is 22.3 Å². The Hall–Kier alpha value is -1.95. The highest BCUT2D eigenvalue weighted by molar-refractivity contribution is 6.35. The maximum Gasteiger partial charge on any atom is 0.404 e. The van der Waals surface area contributed by atoms with Gasteiger partial charge in [0.2, 0.25) is 5.95 Å². The van der Waals surface area contributed by atoms with E-state index in [0.29, 0.717) is 23.0 Å². The van der Waals surface area contributed by atoms with Crippen molar-refractivity contribution in [3.05, 3.63) is 23.2 Å². The Bertz CT molecular complexity index is 567. The fraction of sp³-hybridized carbons (Fsp3) is 0.200. The van der Waals surface area contributed by atoms with Crippen molar-refractivity contribution in [1.29, 1.82) is 0 Å². The molecule has 0 spiro atoms.